The molecule has 0 aliphatic carbocycles. The van der Waals surface area contributed by atoms with Gasteiger partial charge in [-0.05, 0) is 13.3 Å². The third kappa shape index (κ3) is 2.12. The Balaban J connectivity index is 1.85. The lowest BCUT2D eigenvalue weighted by atomic mass is 10.4. The summed E-state index contributed by atoms with van der Waals surface area (Å²) in [7, 11) is 0. The smallest absolute Gasteiger partial charge is 0.0958 e. The first kappa shape index (κ1) is 9.65. The van der Waals surface area contributed by atoms with Gasteiger partial charge in [0.1, 0.15) is 0 Å². The molecule has 1 N–H and O–H groups in total. The minimum atomic E-state index is 0.804. The largest absolute Gasteiger partial charge is 0.360 e. The molecule has 1 aliphatic rings. The fourth-order valence-electron chi connectivity index (χ4n) is 1.73. The second-order valence-corrected chi connectivity index (χ2v) is 4.61. The number of aromatic nitrogens is 1. The van der Waals surface area contributed by atoms with Crippen molar-refractivity contribution in [2.75, 3.05) is 13.1 Å². The van der Waals surface area contributed by atoms with Crippen LogP contribution in [-0.4, -0.2) is 28.8 Å². The molecule has 1 aromatic rings. The highest BCUT2D eigenvalue weighted by atomic mass is 32.1. The van der Waals surface area contributed by atoms with Gasteiger partial charge in [-0.25, -0.2) is 4.98 Å². The van der Waals surface area contributed by atoms with Crippen LogP contribution < -0.4 is 0 Å². The predicted molar refractivity (Wildman–Crippen MR) is 59.1 cm³/mol. The lowest BCUT2D eigenvalue weighted by Gasteiger charge is -2.16. The van der Waals surface area contributed by atoms with E-state index in [-0.39, 0.29) is 0 Å². The number of aryl methyl sites for hydroxylation is 1. The Labute approximate surface area is 88.3 Å². The van der Waals surface area contributed by atoms with Crippen LogP contribution in [-0.2, 0) is 6.42 Å². The molecule has 76 valence electrons. The van der Waals surface area contributed by atoms with Gasteiger partial charge in [-0.2, -0.15) is 0 Å². The van der Waals surface area contributed by atoms with E-state index in [9.17, 15) is 0 Å². The van der Waals surface area contributed by atoms with Gasteiger partial charge in [0.25, 0.3) is 0 Å². The highest BCUT2D eigenvalue weighted by Crippen LogP contribution is 2.13. The van der Waals surface area contributed by atoms with E-state index in [0.29, 0.717) is 0 Å². The quantitative estimate of drug-likeness (QED) is 0.827. The van der Waals surface area contributed by atoms with E-state index < -0.39 is 0 Å². The minimum absolute atomic E-state index is 0.804. The van der Waals surface area contributed by atoms with Crippen molar-refractivity contribution in [3.8, 4) is 0 Å². The Morgan fingerprint density at radius 1 is 1.64 bits per heavy atom. The maximum atomic E-state index is 7.69. The van der Waals surface area contributed by atoms with Crippen molar-refractivity contribution in [3.05, 3.63) is 16.1 Å². The van der Waals surface area contributed by atoms with E-state index in [0.717, 1.165) is 43.9 Å². The van der Waals surface area contributed by atoms with Gasteiger partial charge in [0.2, 0.25) is 0 Å². The number of nitrogens with zero attached hydrogens (tertiary/aromatic N) is 2. The van der Waals surface area contributed by atoms with E-state index in [4.69, 9.17) is 5.41 Å². The van der Waals surface area contributed by atoms with E-state index in [1.165, 1.54) is 5.01 Å². The van der Waals surface area contributed by atoms with Crippen LogP contribution in [0.25, 0.3) is 0 Å². The second kappa shape index (κ2) is 4.09. The topological polar surface area (TPSA) is 40.0 Å². The highest BCUT2D eigenvalue weighted by Gasteiger charge is 2.16. The molecule has 2 heterocycles. The normalized spacial score (nSPS) is 16.6. The minimum Gasteiger partial charge on any atom is -0.360 e. The van der Waals surface area contributed by atoms with Gasteiger partial charge in [-0.3, -0.25) is 5.41 Å². The zero-order valence-corrected chi connectivity index (χ0v) is 9.23. The Kier molecular flexibility index (Phi) is 2.82. The number of amidine groups is 1. The molecular formula is C10H15N3S. The molecule has 0 radical (unpaired) electrons. The van der Waals surface area contributed by atoms with Crippen LogP contribution in [0.5, 0.6) is 0 Å². The summed E-state index contributed by atoms with van der Waals surface area (Å²) in [5, 5.41) is 11.0. The molecule has 1 aliphatic heterocycles. The molecule has 14 heavy (non-hydrogen) atoms. The van der Waals surface area contributed by atoms with Gasteiger partial charge in [-0.1, -0.05) is 0 Å². The molecule has 0 unspecified atom stereocenters. The van der Waals surface area contributed by atoms with E-state index in [2.05, 4.69) is 15.3 Å². The maximum absolute atomic E-state index is 7.69. The van der Waals surface area contributed by atoms with Crippen LogP contribution in [0.1, 0.15) is 23.5 Å². The monoisotopic (exact) mass is 209 g/mol. The fraction of sp³-hybridized carbons (Fsp3) is 0.600. The average molecular weight is 209 g/mol. The molecule has 1 aromatic heterocycles. The molecule has 0 bridgehead atoms. The number of rotatable bonds is 3. The van der Waals surface area contributed by atoms with Crippen molar-refractivity contribution < 1.29 is 0 Å². The van der Waals surface area contributed by atoms with Crippen LogP contribution >= 0.6 is 11.3 Å². The van der Waals surface area contributed by atoms with Gasteiger partial charge in [0, 0.05) is 37.0 Å². The molecule has 0 saturated carbocycles. The van der Waals surface area contributed by atoms with Crippen molar-refractivity contribution in [1.82, 2.24) is 9.88 Å². The number of hydrogen-bond acceptors (Lipinski definition) is 3. The fourth-order valence-corrected chi connectivity index (χ4v) is 2.49. The molecule has 0 aromatic carbocycles. The summed E-state index contributed by atoms with van der Waals surface area (Å²) in [4.78, 5) is 6.58. The summed E-state index contributed by atoms with van der Waals surface area (Å²) in [5.41, 5.74) is 1.11. The highest BCUT2D eigenvalue weighted by molar-refractivity contribution is 7.09. The van der Waals surface area contributed by atoms with Crippen molar-refractivity contribution in [3.63, 3.8) is 0 Å². The van der Waals surface area contributed by atoms with Crippen molar-refractivity contribution in [2.45, 2.75) is 26.2 Å². The SMILES string of the molecule is Cc1csc(CCN2CCCC2=N)n1. The van der Waals surface area contributed by atoms with Gasteiger partial charge < -0.3 is 4.90 Å². The van der Waals surface area contributed by atoms with E-state index in [1.807, 2.05) is 6.92 Å². The van der Waals surface area contributed by atoms with Gasteiger partial charge in [0.15, 0.2) is 0 Å². The lowest BCUT2D eigenvalue weighted by Crippen LogP contribution is -2.26. The summed E-state index contributed by atoms with van der Waals surface area (Å²) in [5.74, 6) is 0.804. The van der Waals surface area contributed by atoms with Crippen LogP contribution in [0.15, 0.2) is 5.38 Å². The first-order chi connectivity index (χ1) is 6.75. The number of thiazole rings is 1. The van der Waals surface area contributed by atoms with Crippen molar-refractivity contribution in [1.29, 1.82) is 5.41 Å². The van der Waals surface area contributed by atoms with Crippen molar-refractivity contribution in [2.24, 2.45) is 0 Å². The van der Waals surface area contributed by atoms with E-state index >= 15 is 0 Å². The third-order valence-corrected chi connectivity index (χ3v) is 3.51. The maximum Gasteiger partial charge on any atom is 0.0958 e. The molecule has 0 atom stereocenters. The molecule has 3 nitrogen and oxygen atoms in total. The number of likely N-dealkylation sites (tertiary alicyclic amines) is 1. The van der Waals surface area contributed by atoms with E-state index in [1.54, 1.807) is 11.3 Å². The molecule has 1 fully saturated rings. The number of hydrogen-bond donors (Lipinski definition) is 1. The molecule has 2 rings (SSSR count). The molecule has 0 amide bonds. The zero-order valence-electron chi connectivity index (χ0n) is 8.42. The summed E-state index contributed by atoms with van der Waals surface area (Å²) in [6.07, 6.45) is 3.09. The van der Waals surface area contributed by atoms with Gasteiger partial charge >= 0.3 is 0 Å². The molecular weight excluding hydrogens is 194 g/mol. The first-order valence-electron chi connectivity index (χ1n) is 4.99. The molecule has 4 heteroatoms. The molecule has 0 spiro atoms. The Morgan fingerprint density at radius 3 is 3.07 bits per heavy atom. The summed E-state index contributed by atoms with van der Waals surface area (Å²) in [6.45, 7) is 4.05. The Morgan fingerprint density at radius 2 is 2.50 bits per heavy atom. The first-order valence-corrected chi connectivity index (χ1v) is 5.87. The van der Waals surface area contributed by atoms with Crippen LogP contribution in [0.2, 0.25) is 0 Å². The van der Waals surface area contributed by atoms with Crippen LogP contribution in [0, 0.1) is 12.3 Å². The average Bonchev–Trinajstić information content (AvgIpc) is 2.72. The van der Waals surface area contributed by atoms with Gasteiger partial charge in [0.05, 0.1) is 10.8 Å². The van der Waals surface area contributed by atoms with Crippen LogP contribution in [0.3, 0.4) is 0 Å². The molecule has 1 saturated heterocycles. The standard InChI is InChI=1S/C10H15N3S/c1-8-7-14-10(12-8)4-6-13-5-2-3-9(13)11/h7,11H,2-6H2,1H3. The Hall–Kier alpha value is -0.900. The lowest BCUT2D eigenvalue weighted by molar-refractivity contribution is 0.455. The third-order valence-electron chi connectivity index (χ3n) is 2.49. The second-order valence-electron chi connectivity index (χ2n) is 3.67. The zero-order chi connectivity index (χ0) is 9.97. The van der Waals surface area contributed by atoms with Crippen LogP contribution in [0.4, 0.5) is 0 Å². The summed E-state index contributed by atoms with van der Waals surface area (Å²) >= 11 is 1.73. The number of nitrogens with one attached hydrogen (secondary N) is 1. The predicted octanol–water partition coefficient (Wildman–Crippen LogP) is 2.07. The Bertz CT molecular complexity index is 332. The summed E-state index contributed by atoms with van der Waals surface area (Å²) in [6, 6.07) is 0. The van der Waals surface area contributed by atoms with Gasteiger partial charge in [-0.15, -0.1) is 11.3 Å². The summed E-state index contributed by atoms with van der Waals surface area (Å²) < 4.78 is 0. The van der Waals surface area contributed by atoms with Crippen molar-refractivity contribution >= 4 is 17.2 Å².